The van der Waals surface area contributed by atoms with Gasteiger partial charge in [0.2, 0.25) is 0 Å². The Morgan fingerprint density at radius 2 is 1.86 bits per heavy atom. The SMILES string of the molecule is COc1ccccc1C1=NCc2cn(CC(C)c3ccc(C(=O)O)cc3)nc2-c2ccc(Cl)cc21. The Hall–Kier alpha value is -3.90. The number of halogens is 1. The molecular formula is C28H24ClN3O3. The fourth-order valence-electron chi connectivity index (χ4n) is 4.48. The van der Waals surface area contributed by atoms with Gasteiger partial charge in [0.05, 0.1) is 30.6 Å². The Morgan fingerprint density at radius 3 is 2.60 bits per heavy atom. The average molecular weight is 486 g/mol. The minimum Gasteiger partial charge on any atom is -0.496 e. The molecule has 0 saturated heterocycles. The lowest BCUT2D eigenvalue weighted by atomic mass is 9.95. The minimum absolute atomic E-state index is 0.152. The van der Waals surface area contributed by atoms with E-state index in [0.717, 1.165) is 45.0 Å². The van der Waals surface area contributed by atoms with E-state index < -0.39 is 5.97 Å². The predicted octanol–water partition coefficient (Wildman–Crippen LogP) is 6.07. The monoisotopic (exact) mass is 485 g/mol. The van der Waals surface area contributed by atoms with Crippen molar-refractivity contribution in [3.05, 3.63) is 106 Å². The number of aliphatic imine (C=N–C) groups is 1. The number of carbonyl (C=O) groups is 1. The second kappa shape index (κ2) is 9.39. The van der Waals surface area contributed by atoms with E-state index in [-0.39, 0.29) is 11.5 Å². The van der Waals surface area contributed by atoms with Crippen LogP contribution in [0.1, 0.15) is 45.5 Å². The summed E-state index contributed by atoms with van der Waals surface area (Å²) in [5, 5.41) is 14.7. The van der Waals surface area contributed by atoms with Crippen LogP contribution in [0.25, 0.3) is 11.3 Å². The number of carboxylic acid groups (broad SMARTS) is 1. The van der Waals surface area contributed by atoms with Crippen molar-refractivity contribution in [1.82, 2.24) is 9.78 Å². The highest BCUT2D eigenvalue weighted by Gasteiger charge is 2.24. The third kappa shape index (κ3) is 4.45. The third-order valence-electron chi connectivity index (χ3n) is 6.29. The van der Waals surface area contributed by atoms with Crippen molar-refractivity contribution in [2.24, 2.45) is 4.99 Å². The van der Waals surface area contributed by atoms with E-state index >= 15 is 0 Å². The van der Waals surface area contributed by atoms with E-state index in [4.69, 9.17) is 31.5 Å². The van der Waals surface area contributed by atoms with Gasteiger partial charge in [-0.25, -0.2) is 4.79 Å². The zero-order valence-corrected chi connectivity index (χ0v) is 20.2. The lowest BCUT2D eigenvalue weighted by Crippen LogP contribution is -2.09. The molecule has 7 heteroatoms. The van der Waals surface area contributed by atoms with Crippen molar-refractivity contribution in [3.8, 4) is 17.0 Å². The second-order valence-corrected chi connectivity index (χ2v) is 9.04. The summed E-state index contributed by atoms with van der Waals surface area (Å²) in [4.78, 5) is 16.1. The zero-order valence-electron chi connectivity index (χ0n) is 19.4. The van der Waals surface area contributed by atoms with Crippen LogP contribution in [0.5, 0.6) is 5.75 Å². The molecule has 4 aromatic rings. The lowest BCUT2D eigenvalue weighted by molar-refractivity contribution is 0.0697. The second-order valence-electron chi connectivity index (χ2n) is 8.61. The van der Waals surface area contributed by atoms with E-state index in [9.17, 15) is 4.79 Å². The van der Waals surface area contributed by atoms with Gasteiger partial charge in [0.1, 0.15) is 5.75 Å². The van der Waals surface area contributed by atoms with Gasteiger partial charge in [-0.15, -0.1) is 0 Å². The van der Waals surface area contributed by atoms with Crippen LogP contribution >= 0.6 is 11.6 Å². The van der Waals surface area contributed by atoms with E-state index in [2.05, 4.69) is 6.92 Å². The number of fused-ring (bicyclic) bond motifs is 3. The fraction of sp³-hybridized carbons (Fsp3) is 0.179. The molecule has 0 amide bonds. The molecule has 0 radical (unpaired) electrons. The summed E-state index contributed by atoms with van der Waals surface area (Å²) in [5.74, 6) is -0.0185. The van der Waals surface area contributed by atoms with Crippen LogP contribution in [0.3, 0.4) is 0 Å². The normalized spacial score (nSPS) is 13.3. The number of rotatable bonds is 6. The van der Waals surface area contributed by atoms with Crippen LogP contribution < -0.4 is 4.74 Å². The molecule has 1 N–H and O–H groups in total. The number of methoxy groups -OCH3 is 1. The van der Waals surface area contributed by atoms with Crippen molar-refractivity contribution in [3.63, 3.8) is 0 Å². The number of hydrogen-bond donors (Lipinski definition) is 1. The molecule has 0 saturated carbocycles. The molecular weight excluding hydrogens is 462 g/mol. The van der Waals surface area contributed by atoms with Crippen molar-refractivity contribution in [2.45, 2.75) is 25.9 Å². The molecule has 35 heavy (non-hydrogen) atoms. The van der Waals surface area contributed by atoms with Crippen LogP contribution in [0.15, 0.2) is 77.9 Å². The molecule has 5 rings (SSSR count). The first kappa shape index (κ1) is 22.9. The first-order chi connectivity index (χ1) is 16.9. The Bertz CT molecular complexity index is 1440. The van der Waals surface area contributed by atoms with Gasteiger partial charge in [-0.3, -0.25) is 9.67 Å². The van der Waals surface area contributed by atoms with Crippen molar-refractivity contribution in [1.29, 1.82) is 0 Å². The molecule has 0 spiro atoms. The van der Waals surface area contributed by atoms with Crippen LogP contribution in [0, 0.1) is 0 Å². The molecule has 0 aliphatic carbocycles. The van der Waals surface area contributed by atoms with Crippen LogP contribution in [0.2, 0.25) is 5.02 Å². The first-order valence-corrected chi connectivity index (χ1v) is 11.7. The summed E-state index contributed by atoms with van der Waals surface area (Å²) in [5.41, 5.74) is 6.90. The van der Waals surface area contributed by atoms with Crippen molar-refractivity contribution < 1.29 is 14.6 Å². The van der Waals surface area contributed by atoms with E-state index in [1.54, 1.807) is 19.2 Å². The molecule has 6 nitrogen and oxygen atoms in total. The highest BCUT2D eigenvalue weighted by atomic mass is 35.5. The Morgan fingerprint density at radius 1 is 1.09 bits per heavy atom. The predicted molar refractivity (Wildman–Crippen MR) is 137 cm³/mol. The standard InChI is InChI=1S/C28H24ClN3O3/c1-17(18-7-9-19(10-8-18)28(33)34)15-32-16-20-14-30-27(23-5-3-4-6-25(23)35-2)24-13-21(29)11-12-22(24)26(20)31-32/h3-13,16-17H,14-15H2,1-2H3,(H,33,34). The smallest absolute Gasteiger partial charge is 0.335 e. The number of para-hydroxylation sites is 1. The number of aromatic carboxylic acids is 1. The van der Waals surface area contributed by atoms with Crippen LogP contribution in [-0.2, 0) is 13.1 Å². The number of hydrogen-bond acceptors (Lipinski definition) is 4. The summed E-state index contributed by atoms with van der Waals surface area (Å²) in [6.45, 7) is 3.25. The highest BCUT2D eigenvalue weighted by molar-refractivity contribution is 6.31. The molecule has 176 valence electrons. The topological polar surface area (TPSA) is 76.7 Å². The van der Waals surface area contributed by atoms with E-state index in [1.807, 2.05) is 65.5 Å². The molecule has 2 heterocycles. The largest absolute Gasteiger partial charge is 0.496 e. The highest BCUT2D eigenvalue weighted by Crippen LogP contribution is 2.35. The minimum atomic E-state index is -0.924. The maximum absolute atomic E-state index is 11.1. The lowest BCUT2D eigenvalue weighted by Gasteiger charge is -2.14. The van der Waals surface area contributed by atoms with Crippen LogP contribution in [-0.4, -0.2) is 33.7 Å². The van der Waals surface area contributed by atoms with Crippen molar-refractivity contribution in [2.75, 3.05) is 7.11 Å². The Balaban J connectivity index is 1.50. The molecule has 1 aromatic heterocycles. The van der Waals surface area contributed by atoms with Gasteiger partial charge in [0.25, 0.3) is 0 Å². The number of benzene rings is 3. The maximum Gasteiger partial charge on any atom is 0.335 e. The Kier molecular flexibility index (Phi) is 6.14. The maximum atomic E-state index is 11.1. The number of ether oxygens (including phenoxy) is 1. The Labute approximate surface area is 208 Å². The summed E-state index contributed by atoms with van der Waals surface area (Å²) >= 11 is 6.41. The van der Waals surface area contributed by atoms with Gasteiger partial charge in [0.15, 0.2) is 0 Å². The number of aromatic nitrogens is 2. The zero-order chi connectivity index (χ0) is 24.5. The van der Waals surface area contributed by atoms with Gasteiger partial charge >= 0.3 is 5.97 Å². The molecule has 1 unspecified atom stereocenters. The molecule has 0 bridgehead atoms. The molecule has 1 aliphatic rings. The molecule has 0 fully saturated rings. The average Bonchev–Trinajstić information content (AvgIpc) is 3.20. The summed E-state index contributed by atoms with van der Waals surface area (Å²) in [7, 11) is 1.66. The molecule has 1 aliphatic heterocycles. The van der Waals surface area contributed by atoms with Crippen LogP contribution in [0.4, 0.5) is 0 Å². The van der Waals surface area contributed by atoms with Gasteiger partial charge in [-0.05, 0) is 42.0 Å². The van der Waals surface area contributed by atoms with Gasteiger partial charge in [-0.2, -0.15) is 5.10 Å². The van der Waals surface area contributed by atoms with Crippen molar-refractivity contribution >= 4 is 23.3 Å². The molecule has 3 aromatic carbocycles. The number of carboxylic acids is 1. The summed E-state index contributed by atoms with van der Waals surface area (Å²) in [6.07, 6.45) is 2.05. The summed E-state index contributed by atoms with van der Waals surface area (Å²) < 4.78 is 7.55. The van der Waals surface area contributed by atoms with Gasteiger partial charge in [0, 0.05) is 45.9 Å². The van der Waals surface area contributed by atoms with E-state index in [0.29, 0.717) is 18.1 Å². The fourth-order valence-corrected chi connectivity index (χ4v) is 4.65. The number of nitrogens with zero attached hydrogens (tertiary/aromatic N) is 3. The first-order valence-electron chi connectivity index (χ1n) is 11.3. The van der Waals surface area contributed by atoms with Gasteiger partial charge < -0.3 is 9.84 Å². The third-order valence-corrected chi connectivity index (χ3v) is 6.52. The molecule has 1 atom stereocenters. The summed E-state index contributed by atoms with van der Waals surface area (Å²) in [6, 6.07) is 20.7. The van der Waals surface area contributed by atoms with Gasteiger partial charge in [-0.1, -0.05) is 48.9 Å². The van der Waals surface area contributed by atoms with E-state index in [1.165, 1.54) is 0 Å². The quantitative estimate of drug-likeness (QED) is 0.360.